The molecule has 8 nitrogen and oxygen atoms in total. The molecule has 2 heterocycles. The highest BCUT2D eigenvalue weighted by molar-refractivity contribution is 6.04. The fourth-order valence-corrected chi connectivity index (χ4v) is 4.37. The molecule has 0 spiro atoms. The van der Waals surface area contributed by atoms with Crippen molar-refractivity contribution in [2.75, 3.05) is 18.4 Å². The van der Waals surface area contributed by atoms with E-state index >= 15 is 0 Å². The van der Waals surface area contributed by atoms with Gasteiger partial charge in [-0.15, -0.1) is 0 Å². The quantitative estimate of drug-likeness (QED) is 0.484. The van der Waals surface area contributed by atoms with E-state index < -0.39 is 29.3 Å². The molecule has 2 amide bonds. The second kappa shape index (κ2) is 10.0. The molecule has 4 rings (SSSR count). The first-order valence-corrected chi connectivity index (χ1v) is 11.9. The molecule has 2 aromatic carbocycles. The number of likely N-dealkylation sites (tertiary alicyclic amines) is 1. The number of halogens is 3. The van der Waals surface area contributed by atoms with Gasteiger partial charge in [-0.2, -0.15) is 13.2 Å². The van der Waals surface area contributed by atoms with Crippen LogP contribution < -0.4 is 5.32 Å². The van der Waals surface area contributed by atoms with Gasteiger partial charge >= 0.3 is 12.3 Å². The second-order valence-electron chi connectivity index (χ2n) is 10.0. The topological polar surface area (TPSA) is 96.7 Å². The monoisotopic (exact) mass is 518 g/mol. The van der Waals surface area contributed by atoms with Crippen LogP contribution >= 0.6 is 0 Å². The number of rotatable bonds is 4. The Bertz CT molecular complexity index is 1310. The molecule has 198 valence electrons. The molecule has 1 aromatic heterocycles. The highest BCUT2D eigenvalue weighted by atomic mass is 19.4. The van der Waals surface area contributed by atoms with E-state index in [1.54, 1.807) is 48.4 Å². The minimum atomic E-state index is -4.59. The fraction of sp³-hybridized carbons (Fsp3) is 0.423. The molecule has 3 aromatic rings. The highest BCUT2D eigenvalue weighted by Gasteiger charge is 2.32. The molecule has 0 saturated carbocycles. The summed E-state index contributed by atoms with van der Waals surface area (Å²) in [6, 6.07) is 9.06. The van der Waals surface area contributed by atoms with Crippen LogP contribution in [0.3, 0.4) is 0 Å². The summed E-state index contributed by atoms with van der Waals surface area (Å²) < 4.78 is 46.8. The van der Waals surface area contributed by atoms with Gasteiger partial charge in [0, 0.05) is 18.7 Å². The van der Waals surface area contributed by atoms with Gasteiger partial charge in [-0.3, -0.25) is 10.1 Å². The number of carbonyl (C=O) groups is 2. The summed E-state index contributed by atoms with van der Waals surface area (Å²) in [5.41, 5.74) is 0.0288. The predicted octanol–water partition coefficient (Wildman–Crippen LogP) is 5.37. The molecule has 1 aliphatic heterocycles. The van der Waals surface area contributed by atoms with Crippen LogP contribution in [-0.4, -0.2) is 50.2 Å². The normalized spacial score (nSPS) is 16.6. The van der Waals surface area contributed by atoms with Gasteiger partial charge in [0.1, 0.15) is 5.60 Å². The maximum absolute atomic E-state index is 13.2. The lowest BCUT2D eigenvalue weighted by atomic mass is 10.1. The van der Waals surface area contributed by atoms with Gasteiger partial charge in [0.25, 0.3) is 5.91 Å². The molecule has 37 heavy (non-hydrogen) atoms. The number of fused-ring (bicyclic) bond motifs is 1. The second-order valence-corrected chi connectivity index (χ2v) is 10.0. The van der Waals surface area contributed by atoms with E-state index in [1.807, 2.05) is 0 Å². The van der Waals surface area contributed by atoms with Crippen LogP contribution in [0.1, 0.15) is 61.1 Å². The third kappa shape index (κ3) is 6.04. The number of alkyl halides is 3. The summed E-state index contributed by atoms with van der Waals surface area (Å²) in [5, 5.41) is 12.2. The summed E-state index contributed by atoms with van der Waals surface area (Å²) >= 11 is 0. The van der Waals surface area contributed by atoms with Gasteiger partial charge < -0.3 is 19.3 Å². The Morgan fingerprint density at radius 3 is 2.59 bits per heavy atom. The molecule has 1 saturated heterocycles. The smallest absolute Gasteiger partial charge is 0.416 e. The van der Waals surface area contributed by atoms with Crippen LogP contribution in [0.25, 0.3) is 11.0 Å². The number of nitrogens with zero attached hydrogens (tertiary/aromatic N) is 3. The number of benzene rings is 2. The van der Waals surface area contributed by atoms with Crippen molar-refractivity contribution >= 4 is 29.0 Å². The van der Waals surface area contributed by atoms with Gasteiger partial charge in [0.05, 0.1) is 29.2 Å². The van der Waals surface area contributed by atoms with E-state index in [4.69, 9.17) is 4.74 Å². The van der Waals surface area contributed by atoms with E-state index in [0.717, 1.165) is 12.1 Å². The number of anilines is 1. The largest absolute Gasteiger partial charge is 0.444 e. The number of aromatic nitrogens is 2. The van der Waals surface area contributed by atoms with Crippen molar-refractivity contribution in [1.29, 1.82) is 0 Å². The summed E-state index contributed by atoms with van der Waals surface area (Å²) in [5.74, 6) is -0.603. The molecular weight excluding hydrogens is 489 g/mol. The number of imidazole rings is 1. The summed E-state index contributed by atoms with van der Waals surface area (Å²) in [6.07, 6.45) is -3.67. The first-order chi connectivity index (χ1) is 17.4. The third-order valence-electron chi connectivity index (χ3n) is 6.03. The zero-order valence-electron chi connectivity index (χ0n) is 20.8. The number of carbonyl (C=O) groups excluding carboxylic acids is 2. The Balaban J connectivity index is 1.69. The maximum Gasteiger partial charge on any atom is 0.416 e. The molecule has 0 radical (unpaired) electrons. The molecule has 2 N–H and O–H groups in total. The number of aliphatic hydroxyl groups excluding tert-OH is 1. The average Bonchev–Trinajstić information content (AvgIpc) is 3.19. The van der Waals surface area contributed by atoms with E-state index in [2.05, 4.69) is 10.3 Å². The Kier molecular flexibility index (Phi) is 7.18. The van der Waals surface area contributed by atoms with Crippen molar-refractivity contribution in [1.82, 2.24) is 14.5 Å². The van der Waals surface area contributed by atoms with Crippen molar-refractivity contribution in [2.24, 2.45) is 0 Å². The standard InChI is InChI=1S/C26H29F3N4O4/c1-25(2,3)37-24(36)32-11-5-8-19(14-32)33-21-10-9-16(15-34)12-20(21)30-23(33)31-22(35)17-6-4-7-18(13-17)26(27,28)29/h4,6-7,9-10,12-13,19,34H,5,8,11,14-15H2,1-3H3,(H,30,31,35)/t19-/m1/s1. The molecule has 1 aliphatic rings. The lowest BCUT2D eigenvalue weighted by Crippen LogP contribution is -2.43. The Hall–Kier alpha value is -3.60. The number of amides is 2. The first-order valence-electron chi connectivity index (χ1n) is 11.9. The number of hydrogen-bond donors (Lipinski definition) is 2. The molecule has 11 heteroatoms. The van der Waals surface area contributed by atoms with E-state index in [-0.39, 0.29) is 24.2 Å². The molecule has 1 fully saturated rings. The number of hydrogen-bond acceptors (Lipinski definition) is 5. The minimum absolute atomic E-state index is 0.142. The average molecular weight is 519 g/mol. The molecular formula is C26H29F3N4O4. The lowest BCUT2D eigenvalue weighted by Gasteiger charge is -2.35. The predicted molar refractivity (Wildman–Crippen MR) is 131 cm³/mol. The molecule has 1 atom stereocenters. The van der Waals surface area contributed by atoms with Crippen LogP contribution in [0, 0.1) is 0 Å². The van der Waals surface area contributed by atoms with Crippen molar-refractivity contribution in [3.05, 3.63) is 59.2 Å². The van der Waals surface area contributed by atoms with Gasteiger partial charge in [-0.1, -0.05) is 12.1 Å². The molecule has 0 bridgehead atoms. The Labute approximate surface area is 212 Å². The number of ether oxygens (including phenoxy) is 1. The van der Waals surface area contributed by atoms with Crippen LogP contribution in [0.2, 0.25) is 0 Å². The zero-order chi connectivity index (χ0) is 27.0. The maximum atomic E-state index is 13.2. The van der Waals surface area contributed by atoms with Gasteiger partial charge in [0.2, 0.25) is 5.95 Å². The SMILES string of the molecule is CC(C)(C)OC(=O)N1CCC[C@@H](n2c(NC(=O)c3cccc(C(F)(F)F)c3)nc3cc(CO)ccc32)C1. The Morgan fingerprint density at radius 2 is 1.92 bits per heavy atom. The van der Waals surface area contributed by atoms with Crippen molar-refractivity contribution < 1.29 is 32.6 Å². The molecule has 0 unspecified atom stereocenters. The summed E-state index contributed by atoms with van der Waals surface area (Å²) in [6.45, 7) is 5.97. The van der Waals surface area contributed by atoms with Crippen molar-refractivity contribution in [3.63, 3.8) is 0 Å². The van der Waals surface area contributed by atoms with E-state index in [1.165, 1.54) is 12.1 Å². The minimum Gasteiger partial charge on any atom is -0.444 e. The van der Waals surface area contributed by atoms with Crippen LogP contribution in [-0.2, 0) is 17.5 Å². The molecule has 0 aliphatic carbocycles. The van der Waals surface area contributed by atoms with Crippen LogP contribution in [0.4, 0.5) is 23.9 Å². The van der Waals surface area contributed by atoms with Crippen LogP contribution in [0.5, 0.6) is 0 Å². The van der Waals surface area contributed by atoms with Crippen molar-refractivity contribution in [3.8, 4) is 0 Å². The number of aliphatic hydroxyl groups is 1. The highest BCUT2D eigenvalue weighted by Crippen LogP contribution is 2.33. The van der Waals surface area contributed by atoms with E-state index in [0.29, 0.717) is 42.5 Å². The number of nitrogens with one attached hydrogen (secondary N) is 1. The van der Waals surface area contributed by atoms with Gasteiger partial charge in [-0.25, -0.2) is 9.78 Å². The summed E-state index contributed by atoms with van der Waals surface area (Å²) in [7, 11) is 0. The van der Waals surface area contributed by atoms with Gasteiger partial charge in [-0.05, 0) is 69.5 Å². The van der Waals surface area contributed by atoms with Crippen molar-refractivity contribution in [2.45, 2.75) is 58.0 Å². The summed E-state index contributed by atoms with van der Waals surface area (Å²) in [4.78, 5) is 31.9. The lowest BCUT2D eigenvalue weighted by molar-refractivity contribution is -0.137. The zero-order valence-corrected chi connectivity index (χ0v) is 20.8. The number of piperidine rings is 1. The van der Waals surface area contributed by atoms with E-state index in [9.17, 15) is 27.9 Å². The van der Waals surface area contributed by atoms with Crippen LogP contribution in [0.15, 0.2) is 42.5 Å². The Morgan fingerprint density at radius 1 is 1.16 bits per heavy atom. The fourth-order valence-electron chi connectivity index (χ4n) is 4.37. The first kappa shape index (κ1) is 26.5. The van der Waals surface area contributed by atoms with Gasteiger partial charge in [0.15, 0.2) is 0 Å². The third-order valence-corrected chi connectivity index (χ3v) is 6.03.